The fourth-order valence-electron chi connectivity index (χ4n) is 0.992. The highest BCUT2D eigenvalue weighted by atomic mass is 16.7. The quantitative estimate of drug-likeness (QED) is 0.541. The molecular formula is C9H9N3O5. The SMILES string of the molecule is NC(=O)CONC(=O)c1cccc([N+](=O)[O-])c1. The molecule has 1 rings (SSSR count). The molecule has 0 saturated carbocycles. The molecule has 0 aliphatic carbocycles. The highest BCUT2D eigenvalue weighted by Gasteiger charge is 2.11. The minimum atomic E-state index is -0.746. The van der Waals surface area contributed by atoms with Crippen molar-refractivity contribution in [2.24, 2.45) is 5.73 Å². The molecule has 0 aromatic heterocycles. The van der Waals surface area contributed by atoms with Crippen LogP contribution in [0, 0.1) is 10.1 Å². The summed E-state index contributed by atoms with van der Waals surface area (Å²) in [6, 6.07) is 5.07. The second kappa shape index (κ2) is 5.56. The van der Waals surface area contributed by atoms with E-state index < -0.39 is 23.3 Å². The number of hydrogen-bond acceptors (Lipinski definition) is 5. The molecule has 0 unspecified atom stereocenters. The molecule has 0 fully saturated rings. The van der Waals surface area contributed by atoms with Gasteiger partial charge in [-0.3, -0.25) is 24.5 Å². The van der Waals surface area contributed by atoms with E-state index in [9.17, 15) is 19.7 Å². The molecular weight excluding hydrogens is 230 g/mol. The Morgan fingerprint density at radius 1 is 1.47 bits per heavy atom. The summed E-state index contributed by atoms with van der Waals surface area (Å²) in [5, 5.41) is 10.5. The third kappa shape index (κ3) is 3.87. The van der Waals surface area contributed by atoms with Crippen LogP contribution < -0.4 is 11.2 Å². The number of benzene rings is 1. The first-order valence-corrected chi connectivity index (χ1v) is 4.45. The van der Waals surface area contributed by atoms with E-state index in [1.165, 1.54) is 18.2 Å². The number of nitrogens with two attached hydrogens (primary N) is 1. The topological polar surface area (TPSA) is 125 Å². The Labute approximate surface area is 95.5 Å². The van der Waals surface area contributed by atoms with Crippen LogP contribution in [0.2, 0.25) is 0 Å². The van der Waals surface area contributed by atoms with E-state index in [1.807, 2.05) is 5.48 Å². The lowest BCUT2D eigenvalue weighted by Crippen LogP contribution is -2.29. The van der Waals surface area contributed by atoms with Crippen LogP contribution in [0.5, 0.6) is 0 Å². The molecule has 0 aliphatic rings. The van der Waals surface area contributed by atoms with E-state index in [-0.39, 0.29) is 11.3 Å². The number of hydroxylamine groups is 1. The number of non-ortho nitro benzene ring substituents is 1. The molecule has 1 aromatic carbocycles. The molecule has 0 spiro atoms. The summed E-state index contributed by atoms with van der Waals surface area (Å²) in [5.41, 5.74) is 6.54. The third-order valence-corrected chi connectivity index (χ3v) is 1.70. The van der Waals surface area contributed by atoms with Gasteiger partial charge in [0.15, 0.2) is 6.61 Å². The van der Waals surface area contributed by atoms with Crippen molar-refractivity contribution >= 4 is 17.5 Å². The Hall–Kier alpha value is -2.48. The van der Waals surface area contributed by atoms with Crippen molar-refractivity contribution in [1.29, 1.82) is 0 Å². The molecule has 8 nitrogen and oxygen atoms in total. The van der Waals surface area contributed by atoms with Crippen molar-refractivity contribution in [3.05, 3.63) is 39.9 Å². The van der Waals surface area contributed by atoms with Crippen LogP contribution >= 0.6 is 0 Å². The van der Waals surface area contributed by atoms with Crippen molar-refractivity contribution in [3.63, 3.8) is 0 Å². The third-order valence-electron chi connectivity index (χ3n) is 1.70. The second-order valence-electron chi connectivity index (χ2n) is 2.99. The lowest BCUT2D eigenvalue weighted by molar-refractivity contribution is -0.384. The monoisotopic (exact) mass is 239 g/mol. The molecule has 1 aromatic rings. The van der Waals surface area contributed by atoms with E-state index >= 15 is 0 Å². The summed E-state index contributed by atoms with van der Waals surface area (Å²) in [7, 11) is 0. The normalized spacial score (nSPS) is 9.65. The number of nitro benzene ring substituents is 1. The first-order chi connectivity index (χ1) is 8.00. The molecule has 8 heteroatoms. The van der Waals surface area contributed by atoms with Gasteiger partial charge in [0.2, 0.25) is 5.91 Å². The Morgan fingerprint density at radius 2 is 2.18 bits per heavy atom. The van der Waals surface area contributed by atoms with Crippen LogP contribution in [0.25, 0.3) is 0 Å². The summed E-state index contributed by atoms with van der Waals surface area (Å²) in [6.45, 7) is -0.472. The van der Waals surface area contributed by atoms with Gasteiger partial charge in [0.25, 0.3) is 11.6 Å². The summed E-state index contributed by atoms with van der Waals surface area (Å²) in [5.74, 6) is -1.45. The number of hydrogen-bond donors (Lipinski definition) is 2. The van der Waals surface area contributed by atoms with Gasteiger partial charge in [0.05, 0.1) is 4.92 Å². The van der Waals surface area contributed by atoms with Gasteiger partial charge in [-0.25, -0.2) is 5.48 Å². The standard InChI is InChI=1S/C9H9N3O5/c10-8(13)5-17-11-9(14)6-2-1-3-7(4-6)12(15)16/h1-4H,5H2,(H2,10,13)(H,11,14). The maximum Gasteiger partial charge on any atom is 0.275 e. The molecule has 0 atom stereocenters. The largest absolute Gasteiger partial charge is 0.368 e. The lowest BCUT2D eigenvalue weighted by atomic mass is 10.2. The van der Waals surface area contributed by atoms with Crippen LogP contribution in [0.4, 0.5) is 5.69 Å². The van der Waals surface area contributed by atoms with Crippen LogP contribution in [0.15, 0.2) is 24.3 Å². The predicted molar refractivity (Wildman–Crippen MR) is 55.7 cm³/mol. The molecule has 3 N–H and O–H groups in total. The van der Waals surface area contributed by atoms with Crippen molar-refractivity contribution in [2.45, 2.75) is 0 Å². The molecule has 17 heavy (non-hydrogen) atoms. The number of primary amides is 1. The van der Waals surface area contributed by atoms with Crippen LogP contribution in [-0.4, -0.2) is 23.3 Å². The molecule has 2 amide bonds. The first kappa shape index (κ1) is 12.6. The van der Waals surface area contributed by atoms with Crippen molar-refractivity contribution in [2.75, 3.05) is 6.61 Å². The van der Waals surface area contributed by atoms with E-state index in [0.29, 0.717) is 0 Å². The van der Waals surface area contributed by atoms with E-state index in [2.05, 4.69) is 4.84 Å². The minimum Gasteiger partial charge on any atom is -0.368 e. The molecule has 0 heterocycles. The minimum absolute atomic E-state index is 0.0451. The van der Waals surface area contributed by atoms with E-state index in [1.54, 1.807) is 0 Å². The summed E-state index contributed by atoms with van der Waals surface area (Å²) in [4.78, 5) is 36.0. The average molecular weight is 239 g/mol. The number of nitrogens with one attached hydrogen (secondary N) is 1. The zero-order chi connectivity index (χ0) is 12.8. The maximum absolute atomic E-state index is 11.4. The fraction of sp³-hybridized carbons (Fsp3) is 0.111. The number of nitro groups is 1. The highest BCUT2D eigenvalue weighted by molar-refractivity contribution is 5.94. The van der Waals surface area contributed by atoms with Crippen LogP contribution in [-0.2, 0) is 9.63 Å². The molecule has 90 valence electrons. The Bertz CT molecular complexity index is 460. The van der Waals surface area contributed by atoms with Gasteiger partial charge in [0.1, 0.15) is 0 Å². The van der Waals surface area contributed by atoms with E-state index in [0.717, 1.165) is 6.07 Å². The van der Waals surface area contributed by atoms with Crippen molar-refractivity contribution < 1.29 is 19.3 Å². The van der Waals surface area contributed by atoms with Gasteiger partial charge in [0, 0.05) is 17.7 Å². The van der Waals surface area contributed by atoms with E-state index in [4.69, 9.17) is 5.73 Å². The number of nitrogens with zero attached hydrogens (tertiary/aromatic N) is 1. The Balaban J connectivity index is 2.65. The van der Waals surface area contributed by atoms with Gasteiger partial charge in [-0.15, -0.1) is 0 Å². The number of carbonyl (C=O) groups excluding carboxylic acids is 2. The predicted octanol–water partition coefficient (Wildman–Crippen LogP) is -0.258. The van der Waals surface area contributed by atoms with Gasteiger partial charge in [-0.05, 0) is 6.07 Å². The molecule has 0 saturated heterocycles. The summed E-state index contributed by atoms with van der Waals surface area (Å²) < 4.78 is 0. The van der Waals surface area contributed by atoms with Gasteiger partial charge >= 0.3 is 0 Å². The maximum atomic E-state index is 11.4. The number of amides is 2. The Morgan fingerprint density at radius 3 is 2.76 bits per heavy atom. The molecule has 0 radical (unpaired) electrons. The number of carbonyl (C=O) groups is 2. The average Bonchev–Trinajstić information content (AvgIpc) is 2.28. The Kier molecular flexibility index (Phi) is 4.12. The highest BCUT2D eigenvalue weighted by Crippen LogP contribution is 2.12. The summed E-state index contributed by atoms with van der Waals surface area (Å²) >= 11 is 0. The lowest BCUT2D eigenvalue weighted by Gasteiger charge is -2.03. The number of rotatable bonds is 5. The van der Waals surface area contributed by atoms with Crippen LogP contribution in [0.1, 0.15) is 10.4 Å². The fourth-order valence-corrected chi connectivity index (χ4v) is 0.992. The van der Waals surface area contributed by atoms with Crippen LogP contribution in [0.3, 0.4) is 0 Å². The smallest absolute Gasteiger partial charge is 0.275 e. The summed E-state index contributed by atoms with van der Waals surface area (Å²) in [6.07, 6.45) is 0. The second-order valence-corrected chi connectivity index (χ2v) is 2.99. The first-order valence-electron chi connectivity index (χ1n) is 4.45. The zero-order valence-electron chi connectivity index (χ0n) is 8.58. The molecule has 0 aliphatic heterocycles. The zero-order valence-corrected chi connectivity index (χ0v) is 8.58. The van der Waals surface area contributed by atoms with Gasteiger partial charge in [-0.1, -0.05) is 6.07 Å². The van der Waals surface area contributed by atoms with Crippen molar-refractivity contribution in [1.82, 2.24) is 5.48 Å². The van der Waals surface area contributed by atoms with Crippen molar-refractivity contribution in [3.8, 4) is 0 Å². The van der Waals surface area contributed by atoms with Gasteiger partial charge < -0.3 is 5.73 Å². The molecule has 0 bridgehead atoms. The van der Waals surface area contributed by atoms with Gasteiger partial charge in [-0.2, -0.15) is 0 Å².